The van der Waals surface area contributed by atoms with Crippen molar-refractivity contribution in [3.8, 4) is 0 Å². The van der Waals surface area contributed by atoms with Crippen molar-refractivity contribution < 1.29 is 22.9 Å². The molecule has 0 bridgehead atoms. The van der Waals surface area contributed by atoms with Gasteiger partial charge in [0.15, 0.2) is 0 Å². The number of benzene rings is 1. The van der Waals surface area contributed by atoms with Crippen molar-refractivity contribution >= 4 is 16.7 Å². The van der Waals surface area contributed by atoms with Crippen LogP contribution in [0.3, 0.4) is 0 Å². The zero-order valence-electron chi connectivity index (χ0n) is 12.2. The van der Waals surface area contributed by atoms with E-state index in [0.29, 0.717) is 12.0 Å². The van der Waals surface area contributed by atoms with E-state index in [0.717, 1.165) is 0 Å². The number of alkyl halides is 2. The Morgan fingerprint density at radius 1 is 1.41 bits per heavy atom. The van der Waals surface area contributed by atoms with Gasteiger partial charge >= 0.3 is 5.92 Å². The van der Waals surface area contributed by atoms with Crippen LogP contribution in [-0.4, -0.2) is 38.8 Å². The molecule has 1 saturated carbocycles. The summed E-state index contributed by atoms with van der Waals surface area (Å²) in [6.07, 6.45) is 1.73. The number of aliphatic hydroxyl groups is 1. The summed E-state index contributed by atoms with van der Waals surface area (Å²) in [4.78, 5) is 11.9. The Bertz CT molecular complexity index is 561. The maximum atomic E-state index is 14.1. The van der Waals surface area contributed by atoms with E-state index in [1.165, 1.54) is 6.26 Å². The number of carbonyl (C=O) groups excluding carboxylic acids is 1. The number of hydrogen-bond donors (Lipinski definition) is 2. The lowest BCUT2D eigenvalue weighted by Crippen LogP contribution is -2.61. The molecule has 1 aliphatic rings. The number of nitrogens with one attached hydrogen (secondary N) is 1. The first-order valence-electron chi connectivity index (χ1n) is 7.02. The Labute approximate surface area is 130 Å². The van der Waals surface area contributed by atoms with Gasteiger partial charge in [0.05, 0.1) is 6.04 Å². The molecule has 7 heteroatoms. The smallest absolute Gasteiger partial charge is 0.352 e. The van der Waals surface area contributed by atoms with Crippen LogP contribution in [0.4, 0.5) is 8.78 Å². The quantitative estimate of drug-likeness (QED) is 0.835. The molecule has 0 aliphatic heterocycles. The number of halogens is 2. The van der Waals surface area contributed by atoms with Crippen LogP contribution in [0.25, 0.3) is 0 Å². The van der Waals surface area contributed by atoms with Gasteiger partial charge in [-0.15, -0.1) is 0 Å². The predicted octanol–water partition coefficient (Wildman–Crippen LogP) is 1.77. The summed E-state index contributed by atoms with van der Waals surface area (Å²) in [6.45, 7) is 0. The van der Waals surface area contributed by atoms with Gasteiger partial charge in [-0.3, -0.25) is 9.00 Å². The van der Waals surface area contributed by atoms with Crippen molar-refractivity contribution in [1.82, 2.24) is 5.32 Å². The molecule has 1 amide bonds. The zero-order valence-corrected chi connectivity index (χ0v) is 13.0. The Hall–Kier alpha value is -1.34. The van der Waals surface area contributed by atoms with E-state index in [-0.39, 0.29) is 18.6 Å². The van der Waals surface area contributed by atoms with Crippen LogP contribution in [0.15, 0.2) is 30.3 Å². The molecule has 2 unspecified atom stereocenters. The molecule has 1 aromatic rings. The van der Waals surface area contributed by atoms with E-state index in [1.807, 2.05) is 0 Å². The van der Waals surface area contributed by atoms with Gasteiger partial charge in [0.2, 0.25) is 0 Å². The van der Waals surface area contributed by atoms with Crippen molar-refractivity contribution in [2.75, 3.05) is 12.0 Å². The Morgan fingerprint density at radius 2 is 2.00 bits per heavy atom. The summed E-state index contributed by atoms with van der Waals surface area (Å²) in [5.41, 5.74) is -1.66. The molecule has 0 saturated heterocycles. The highest BCUT2D eigenvalue weighted by Crippen LogP contribution is 2.44. The minimum Gasteiger partial charge on any atom is -0.383 e. The summed E-state index contributed by atoms with van der Waals surface area (Å²) in [6, 6.07) is 7.75. The Balaban J connectivity index is 2.16. The average molecular weight is 331 g/mol. The normalized spacial score (nSPS) is 19.8. The van der Waals surface area contributed by atoms with Crippen molar-refractivity contribution in [3.05, 3.63) is 35.9 Å². The first-order valence-corrected chi connectivity index (χ1v) is 8.75. The molecule has 1 fully saturated rings. The minimum atomic E-state index is -3.85. The molecule has 122 valence electrons. The molecular formula is C15H19F2NO3S. The fraction of sp³-hybridized carbons (Fsp3) is 0.533. The van der Waals surface area contributed by atoms with Crippen molar-refractivity contribution in [3.63, 3.8) is 0 Å². The molecule has 0 spiro atoms. The number of rotatable bonds is 6. The van der Waals surface area contributed by atoms with Crippen molar-refractivity contribution in [2.24, 2.45) is 0 Å². The Morgan fingerprint density at radius 3 is 2.45 bits per heavy atom. The van der Waals surface area contributed by atoms with Crippen LogP contribution in [0.2, 0.25) is 0 Å². The minimum absolute atomic E-state index is 0.0320. The third-order valence-corrected chi connectivity index (χ3v) is 4.76. The van der Waals surface area contributed by atoms with Crippen LogP contribution in [0.1, 0.15) is 30.9 Å². The standard InChI is InChI=1S/C15H19F2NO3S/c1-22(21)10-12(11-6-3-2-4-7-11)18-13(19)15(16,17)14(20)8-5-9-14/h2-4,6-7,12,20H,5,8-10H2,1H3,(H,18,19). The monoisotopic (exact) mass is 331 g/mol. The second-order valence-electron chi connectivity index (χ2n) is 5.64. The van der Waals surface area contributed by atoms with E-state index in [4.69, 9.17) is 0 Å². The van der Waals surface area contributed by atoms with Gasteiger partial charge in [-0.1, -0.05) is 30.3 Å². The van der Waals surface area contributed by atoms with Gasteiger partial charge in [0, 0.05) is 22.8 Å². The summed E-state index contributed by atoms with van der Waals surface area (Å²) in [7, 11) is -1.27. The molecule has 1 aliphatic carbocycles. The summed E-state index contributed by atoms with van der Waals surface area (Å²) < 4.78 is 39.7. The molecule has 0 aromatic heterocycles. The molecule has 4 nitrogen and oxygen atoms in total. The fourth-order valence-electron chi connectivity index (χ4n) is 2.43. The molecule has 1 aromatic carbocycles. The lowest BCUT2D eigenvalue weighted by Gasteiger charge is -2.41. The fourth-order valence-corrected chi connectivity index (χ4v) is 3.17. The molecule has 22 heavy (non-hydrogen) atoms. The van der Waals surface area contributed by atoms with E-state index in [2.05, 4.69) is 5.32 Å². The van der Waals surface area contributed by atoms with E-state index >= 15 is 0 Å². The second-order valence-corrected chi connectivity index (χ2v) is 7.12. The summed E-state index contributed by atoms with van der Waals surface area (Å²) in [5.74, 6) is -5.34. The topological polar surface area (TPSA) is 66.4 Å². The number of amides is 1. The van der Waals surface area contributed by atoms with Gasteiger partial charge in [0.1, 0.15) is 5.60 Å². The first-order chi connectivity index (χ1) is 10.3. The number of carbonyl (C=O) groups is 1. The lowest BCUT2D eigenvalue weighted by molar-refractivity contribution is -0.216. The highest BCUT2D eigenvalue weighted by Gasteiger charge is 2.61. The molecule has 0 heterocycles. The van der Waals surface area contributed by atoms with Gasteiger partial charge in [-0.25, -0.2) is 0 Å². The number of hydrogen-bond acceptors (Lipinski definition) is 3. The summed E-state index contributed by atoms with van der Waals surface area (Å²) >= 11 is 0. The lowest BCUT2D eigenvalue weighted by atomic mass is 9.75. The highest BCUT2D eigenvalue weighted by molar-refractivity contribution is 7.84. The van der Waals surface area contributed by atoms with Crippen LogP contribution in [-0.2, 0) is 15.6 Å². The van der Waals surface area contributed by atoms with Crippen molar-refractivity contribution in [2.45, 2.75) is 36.8 Å². The predicted molar refractivity (Wildman–Crippen MR) is 80.0 cm³/mol. The third-order valence-electron chi connectivity index (χ3n) is 3.96. The SMILES string of the molecule is CS(=O)CC(NC(=O)C(F)(F)C1(O)CCC1)c1ccccc1. The molecule has 2 rings (SSSR count). The van der Waals surface area contributed by atoms with E-state index in [1.54, 1.807) is 30.3 Å². The zero-order chi connectivity index (χ0) is 16.4. The van der Waals surface area contributed by atoms with Gasteiger partial charge in [0.25, 0.3) is 5.91 Å². The molecule has 2 N–H and O–H groups in total. The van der Waals surface area contributed by atoms with Crippen LogP contribution < -0.4 is 5.32 Å². The molecule has 0 radical (unpaired) electrons. The van der Waals surface area contributed by atoms with Gasteiger partial charge in [-0.05, 0) is 24.8 Å². The second kappa shape index (κ2) is 6.42. The largest absolute Gasteiger partial charge is 0.383 e. The van der Waals surface area contributed by atoms with E-state index < -0.39 is 34.3 Å². The Kier molecular flexibility index (Phi) is 4.97. The molecule has 2 atom stereocenters. The maximum absolute atomic E-state index is 14.1. The maximum Gasteiger partial charge on any atom is 0.352 e. The van der Waals surface area contributed by atoms with Gasteiger partial charge in [-0.2, -0.15) is 8.78 Å². The average Bonchev–Trinajstić information content (AvgIpc) is 2.44. The summed E-state index contributed by atoms with van der Waals surface area (Å²) in [5, 5.41) is 12.0. The third kappa shape index (κ3) is 3.35. The van der Waals surface area contributed by atoms with Crippen LogP contribution in [0.5, 0.6) is 0 Å². The van der Waals surface area contributed by atoms with Crippen LogP contribution in [0, 0.1) is 0 Å². The van der Waals surface area contributed by atoms with Crippen LogP contribution >= 0.6 is 0 Å². The van der Waals surface area contributed by atoms with Crippen molar-refractivity contribution in [1.29, 1.82) is 0 Å². The van der Waals surface area contributed by atoms with E-state index in [9.17, 15) is 22.9 Å². The molecular weight excluding hydrogens is 312 g/mol. The first kappa shape index (κ1) is 17.0. The highest BCUT2D eigenvalue weighted by atomic mass is 32.2. The van der Waals surface area contributed by atoms with Gasteiger partial charge < -0.3 is 10.4 Å².